The Hall–Kier alpha value is -3.58. The van der Waals surface area contributed by atoms with Gasteiger partial charge in [0.05, 0.1) is 30.2 Å². The molecule has 12 heteroatoms. The quantitative estimate of drug-likeness (QED) is 0.291. The number of rotatable bonds is 6. The summed E-state index contributed by atoms with van der Waals surface area (Å²) >= 11 is 1.11. The second kappa shape index (κ2) is 9.81. The highest BCUT2D eigenvalue weighted by Gasteiger charge is 2.50. The Labute approximate surface area is 239 Å². The number of thiophene rings is 1. The maximum atomic E-state index is 14.6. The summed E-state index contributed by atoms with van der Waals surface area (Å²) in [4.78, 5) is 14.3. The van der Waals surface area contributed by atoms with Crippen molar-refractivity contribution in [3.05, 3.63) is 113 Å². The molecule has 0 saturated carbocycles. The number of hydrogen-bond donors (Lipinski definition) is 0. The van der Waals surface area contributed by atoms with Crippen LogP contribution in [0.2, 0.25) is 0 Å². The number of para-hydroxylation sites is 3. The fourth-order valence-electron chi connectivity index (χ4n) is 5.07. The summed E-state index contributed by atoms with van der Waals surface area (Å²) in [5.74, 6) is -0.418. The zero-order valence-electron chi connectivity index (χ0n) is 21.3. The van der Waals surface area contributed by atoms with Crippen LogP contribution in [0.25, 0.3) is 0 Å². The summed E-state index contributed by atoms with van der Waals surface area (Å²) in [6, 6.07) is 28.0. The van der Waals surface area contributed by atoms with Crippen LogP contribution < -0.4 is 12.9 Å². The molecule has 0 aliphatic carbocycles. The zero-order valence-corrected chi connectivity index (χ0v) is 24.6. The van der Waals surface area contributed by atoms with Crippen molar-refractivity contribution in [2.24, 2.45) is 0 Å². The normalized spacial score (nSPS) is 21.1. The van der Waals surface area contributed by atoms with E-state index >= 15 is 0 Å². The van der Waals surface area contributed by atoms with Gasteiger partial charge in [-0.3, -0.25) is 17.7 Å². The maximum Gasteiger partial charge on any atom is 0.273 e. The molecule has 1 unspecified atom stereocenters. The molecule has 0 spiro atoms. The molecular weight excluding hydrogens is 587 g/mol. The van der Waals surface area contributed by atoms with Gasteiger partial charge in [0.1, 0.15) is 8.45 Å². The topological polar surface area (TPSA) is 95.1 Å². The van der Waals surface area contributed by atoms with Gasteiger partial charge >= 0.3 is 0 Å². The molecule has 0 N–H and O–H groups in total. The monoisotopic (exact) mass is 611 g/mol. The highest BCUT2D eigenvalue weighted by Crippen LogP contribution is 2.68. The molecule has 206 valence electrons. The summed E-state index contributed by atoms with van der Waals surface area (Å²) in [5, 5.41) is 1.69. The molecule has 4 aromatic rings. The first-order valence-corrected chi connectivity index (χ1v) is 18.0. The van der Waals surface area contributed by atoms with E-state index in [4.69, 9.17) is 0 Å². The van der Waals surface area contributed by atoms with Gasteiger partial charge in [0, 0.05) is 11.0 Å². The smallest absolute Gasteiger partial charge is 0.268 e. The summed E-state index contributed by atoms with van der Waals surface area (Å²) < 4.78 is 60.4. The van der Waals surface area contributed by atoms with Gasteiger partial charge in [-0.25, -0.2) is 16.8 Å². The summed E-state index contributed by atoms with van der Waals surface area (Å²) in [7, 11) is -10.7. The lowest BCUT2D eigenvalue weighted by Crippen LogP contribution is -2.46. The average molecular weight is 612 g/mol. The number of amides is 1. The van der Waals surface area contributed by atoms with E-state index in [1.54, 1.807) is 52.1 Å². The van der Waals surface area contributed by atoms with Gasteiger partial charge in [0.2, 0.25) is 0 Å². The Morgan fingerprint density at radius 3 is 1.82 bits per heavy atom. The molecule has 3 aromatic carbocycles. The van der Waals surface area contributed by atoms with E-state index in [0.717, 1.165) is 11.3 Å². The predicted octanol–water partition coefficient (Wildman–Crippen LogP) is 5.39. The first-order chi connectivity index (χ1) is 19.2. The van der Waals surface area contributed by atoms with Crippen molar-refractivity contribution in [2.75, 3.05) is 32.3 Å². The Morgan fingerprint density at radius 2 is 1.25 bits per heavy atom. The van der Waals surface area contributed by atoms with Crippen LogP contribution in [0, 0.1) is 0 Å². The lowest BCUT2D eigenvalue weighted by molar-refractivity contribution is -0.112. The number of anilines is 3. The second-order valence-electron chi connectivity index (χ2n) is 9.20. The van der Waals surface area contributed by atoms with Crippen LogP contribution in [0.3, 0.4) is 0 Å². The Bertz CT molecular complexity index is 1830. The highest BCUT2D eigenvalue weighted by molar-refractivity contribution is 8.44. The molecule has 0 bridgehead atoms. The largest absolute Gasteiger partial charge is 0.273 e. The van der Waals surface area contributed by atoms with Crippen molar-refractivity contribution in [1.29, 1.82) is 0 Å². The molecule has 3 heterocycles. The third kappa shape index (κ3) is 4.05. The highest BCUT2D eigenvalue weighted by atomic mass is 32.3. The predicted molar refractivity (Wildman–Crippen MR) is 162 cm³/mol. The van der Waals surface area contributed by atoms with E-state index in [0.29, 0.717) is 10.6 Å². The van der Waals surface area contributed by atoms with Gasteiger partial charge in [-0.05, 0) is 54.1 Å². The molecule has 8 nitrogen and oxygen atoms in total. The van der Waals surface area contributed by atoms with Crippen molar-refractivity contribution < 1.29 is 21.6 Å². The van der Waals surface area contributed by atoms with Gasteiger partial charge in [-0.1, -0.05) is 64.8 Å². The minimum atomic E-state index is -4.28. The number of fused-ring (bicyclic) bond motifs is 1. The van der Waals surface area contributed by atoms with E-state index in [2.05, 4.69) is 0 Å². The third-order valence-electron chi connectivity index (χ3n) is 6.90. The second-order valence-corrected chi connectivity index (χ2v) is 17.3. The minimum absolute atomic E-state index is 0.00409. The van der Waals surface area contributed by atoms with Crippen LogP contribution in [-0.4, -0.2) is 42.1 Å². The fraction of sp³-hybridized carbons (Fsp3) is 0.107. The molecular formula is C28H25N3O5S4. The molecule has 40 heavy (non-hydrogen) atoms. The SMILES string of the molecule is CS1(c2ccccc2)C(S(=O)(=O)N2CCN(S(=O)(=O)c3cccs3)c3ccccc32)=CC(=O)N1c1ccccc1. The zero-order chi connectivity index (χ0) is 28.1. The van der Waals surface area contributed by atoms with Crippen molar-refractivity contribution in [1.82, 2.24) is 0 Å². The van der Waals surface area contributed by atoms with E-state index in [1.165, 1.54) is 20.8 Å². The average Bonchev–Trinajstić information content (AvgIpc) is 3.61. The number of hydrogen-bond acceptors (Lipinski definition) is 6. The molecule has 0 saturated heterocycles. The number of carbonyl (C=O) groups excluding carboxylic acids is 1. The van der Waals surface area contributed by atoms with E-state index in [9.17, 15) is 21.6 Å². The van der Waals surface area contributed by atoms with E-state index < -0.39 is 36.2 Å². The summed E-state index contributed by atoms with van der Waals surface area (Å²) in [6.07, 6.45) is 3.04. The van der Waals surface area contributed by atoms with Crippen LogP contribution in [0.4, 0.5) is 17.1 Å². The third-order valence-corrected chi connectivity index (χ3v) is 16.5. The molecule has 1 amide bonds. The van der Waals surface area contributed by atoms with Gasteiger partial charge in [-0.15, -0.1) is 11.3 Å². The molecule has 2 aliphatic rings. The van der Waals surface area contributed by atoms with Crippen molar-refractivity contribution in [3.8, 4) is 0 Å². The van der Waals surface area contributed by atoms with Crippen molar-refractivity contribution >= 4 is 64.6 Å². The van der Waals surface area contributed by atoms with Crippen LogP contribution in [0.1, 0.15) is 0 Å². The molecule has 2 aliphatic heterocycles. The van der Waals surface area contributed by atoms with Crippen LogP contribution in [-0.2, 0) is 24.8 Å². The number of sulfonamides is 2. The van der Waals surface area contributed by atoms with Gasteiger partial charge in [0.15, 0.2) is 0 Å². The number of carbonyl (C=O) groups is 1. The van der Waals surface area contributed by atoms with Crippen molar-refractivity contribution in [3.63, 3.8) is 0 Å². The molecule has 0 radical (unpaired) electrons. The Morgan fingerprint density at radius 1 is 0.700 bits per heavy atom. The Balaban J connectivity index is 1.48. The van der Waals surface area contributed by atoms with Crippen LogP contribution in [0.15, 0.2) is 122 Å². The number of benzene rings is 3. The maximum absolute atomic E-state index is 14.6. The van der Waals surface area contributed by atoms with Crippen molar-refractivity contribution in [2.45, 2.75) is 9.10 Å². The lowest BCUT2D eigenvalue weighted by atomic mass is 10.2. The van der Waals surface area contributed by atoms with Crippen LogP contribution >= 0.6 is 21.6 Å². The van der Waals surface area contributed by atoms with Crippen LogP contribution in [0.5, 0.6) is 0 Å². The Kier molecular flexibility index (Phi) is 6.53. The minimum Gasteiger partial charge on any atom is -0.268 e. The number of nitrogens with zero attached hydrogens (tertiary/aromatic N) is 3. The van der Waals surface area contributed by atoms with Gasteiger partial charge in [-0.2, -0.15) is 0 Å². The van der Waals surface area contributed by atoms with Gasteiger partial charge < -0.3 is 0 Å². The van der Waals surface area contributed by atoms with E-state index in [-0.39, 0.29) is 32.9 Å². The summed E-state index contributed by atoms with van der Waals surface area (Å²) in [6.45, 7) is -0.178. The fourth-order valence-corrected chi connectivity index (χ4v) is 13.9. The standard InChI is InChI=1S/C28H25N3O5S4/c1-38(23-13-6-3-7-14-23)28(21-26(32)31(38)22-11-4-2-5-12-22)40(35,36)30-19-18-29(24-15-8-9-16-25(24)30)39(33,34)27-17-10-20-37-27/h2-17,20-21H,18-19H2,1H3. The molecule has 6 rings (SSSR count). The first kappa shape index (κ1) is 26.6. The van der Waals surface area contributed by atoms with E-state index in [1.807, 2.05) is 54.8 Å². The lowest BCUT2D eigenvalue weighted by Gasteiger charge is -2.44. The summed E-state index contributed by atoms with van der Waals surface area (Å²) in [5.41, 5.74) is 1.12. The molecule has 0 fully saturated rings. The van der Waals surface area contributed by atoms with Gasteiger partial charge in [0.25, 0.3) is 26.0 Å². The first-order valence-electron chi connectivity index (χ1n) is 12.3. The molecule has 1 atom stereocenters. The molecule has 1 aromatic heterocycles.